The molecule has 1 unspecified atom stereocenters. The number of fused-ring (bicyclic) bond motifs is 1. The molecule has 0 saturated heterocycles. The Morgan fingerprint density at radius 3 is 2.83 bits per heavy atom. The van der Waals surface area contributed by atoms with Crippen LogP contribution in [0.3, 0.4) is 0 Å². The van der Waals surface area contributed by atoms with E-state index in [0.29, 0.717) is 0 Å². The summed E-state index contributed by atoms with van der Waals surface area (Å²) in [5.74, 6) is 1.93. The topological polar surface area (TPSA) is 22.4 Å². The molecule has 1 aromatic heterocycles. The normalized spacial score (nSPS) is 18.2. The number of halogens is 1. The molecule has 0 saturated carbocycles. The molecule has 0 bridgehead atoms. The molecule has 1 aromatic carbocycles. The van der Waals surface area contributed by atoms with Gasteiger partial charge < -0.3 is 9.15 Å². The summed E-state index contributed by atoms with van der Waals surface area (Å²) in [5.41, 5.74) is 2.56. The Labute approximate surface area is 115 Å². The largest absolute Gasteiger partial charge is 0.492 e. The zero-order valence-electron chi connectivity index (χ0n) is 10.4. The summed E-state index contributed by atoms with van der Waals surface area (Å²) in [6.45, 7) is 5.16. The van der Waals surface area contributed by atoms with Crippen LogP contribution < -0.4 is 4.74 Å². The van der Waals surface area contributed by atoms with Crippen molar-refractivity contribution in [3.8, 4) is 5.75 Å². The van der Waals surface area contributed by atoms with Crippen molar-refractivity contribution in [1.82, 2.24) is 0 Å². The predicted molar refractivity (Wildman–Crippen MR) is 74.4 cm³/mol. The number of hydrogen-bond donors (Lipinski definition) is 0. The first kappa shape index (κ1) is 11.8. The Morgan fingerprint density at radius 1 is 1.28 bits per heavy atom. The lowest BCUT2D eigenvalue weighted by Crippen LogP contribution is -2.18. The first-order valence-corrected chi connectivity index (χ1v) is 6.94. The van der Waals surface area contributed by atoms with Crippen molar-refractivity contribution in [2.45, 2.75) is 24.1 Å². The third-order valence-electron chi connectivity index (χ3n) is 3.41. The van der Waals surface area contributed by atoms with Gasteiger partial charge in [0.1, 0.15) is 11.5 Å². The van der Waals surface area contributed by atoms with Crippen LogP contribution >= 0.6 is 15.9 Å². The van der Waals surface area contributed by atoms with E-state index in [2.05, 4.69) is 48.0 Å². The van der Waals surface area contributed by atoms with E-state index >= 15 is 0 Å². The lowest BCUT2D eigenvalue weighted by molar-refractivity contribution is 0.291. The Hall–Kier alpha value is -1.22. The molecule has 0 amide bonds. The van der Waals surface area contributed by atoms with E-state index in [1.165, 1.54) is 11.1 Å². The molecule has 94 valence electrons. The van der Waals surface area contributed by atoms with Gasteiger partial charge in [-0.2, -0.15) is 0 Å². The summed E-state index contributed by atoms with van der Waals surface area (Å²) < 4.78 is 11.1. The van der Waals surface area contributed by atoms with Crippen LogP contribution in [0.25, 0.3) is 0 Å². The van der Waals surface area contributed by atoms with Gasteiger partial charge in [-0.05, 0) is 29.8 Å². The summed E-state index contributed by atoms with van der Waals surface area (Å²) in [6.07, 6.45) is 1.70. The number of ether oxygens (including phenoxy) is 1. The van der Waals surface area contributed by atoms with Gasteiger partial charge in [-0.15, -0.1) is 0 Å². The number of rotatable bonds is 2. The number of furan rings is 1. The van der Waals surface area contributed by atoms with Gasteiger partial charge in [-0.25, -0.2) is 0 Å². The van der Waals surface area contributed by atoms with E-state index in [1.54, 1.807) is 6.26 Å². The van der Waals surface area contributed by atoms with Crippen LogP contribution in [0.2, 0.25) is 0 Å². The predicted octanol–water partition coefficient (Wildman–Crippen LogP) is 4.43. The van der Waals surface area contributed by atoms with Gasteiger partial charge in [0.2, 0.25) is 0 Å². The summed E-state index contributed by atoms with van der Waals surface area (Å²) in [5, 5.41) is 0. The summed E-state index contributed by atoms with van der Waals surface area (Å²) in [6, 6.07) is 10.2. The van der Waals surface area contributed by atoms with Crippen molar-refractivity contribution in [1.29, 1.82) is 0 Å². The molecule has 2 heterocycles. The van der Waals surface area contributed by atoms with Crippen LogP contribution in [0.4, 0.5) is 0 Å². The quantitative estimate of drug-likeness (QED) is 0.766. The fourth-order valence-corrected chi connectivity index (χ4v) is 2.84. The van der Waals surface area contributed by atoms with Gasteiger partial charge >= 0.3 is 0 Å². The molecule has 18 heavy (non-hydrogen) atoms. The van der Waals surface area contributed by atoms with Crippen molar-refractivity contribution < 1.29 is 9.15 Å². The average molecular weight is 307 g/mol. The maximum Gasteiger partial charge on any atom is 0.123 e. The molecule has 3 rings (SSSR count). The highest BCUT2D eigenvalue weighted by Crippen LogP contribution is 2.41. The molecule has 0 N–H and O–H groups in total. The number of benzene rings is 1. The van der Waals surface area contributed by atoms with E-state index in [1.807, 2.05) is 12.1 Å². The highest BCUT2D eigenvalue weighted by atomic mass is 79.9. The second-order valence-electron chi connectivity index (χ2n) is 5.31. The molecule has 1 aliphatic rings. The zero-order valence-corrected chi connectivity index (χ0v) is 12.0. The summed E-state index contributed by atoms with van der Waals surface area (Å²) in [4.78, 5) is 0.0919. The van der Waals surface area contributed by atoms with Crippen molar-refractivity contribution in [2.24, 2.45) is 0 Å². The van der Waals surface area contributed by atoms with Gasteiger partial charge in [-0.3, -0.25) is 0 Å². The van der Waals surface area contributed by atoms with Crippen molar-refractivity contribution in [3.05, 3.63) is 53.5 Å². The van der Waals surface area contributed by atoms with E-state index in [-0.39, 0.29) is 10.2 Å². The van der Waals surface area contributed by atoms with Crippen LogP contribution in [0, 0.1) is 0 Å². The summed E-state index contributed by atoms with van der Waals surface area (Å²) in [7, 11) is 0. The lowest BCUT2D eigenvalue weighted by Gasteiger charge is -2.17. The van der Waals surface area contributed by atoms with Crippen LogP contribution in [-0.4, -0.2) is 6.61 Å². The van der Waals surface area contributed by atoms with Crippen molar-refractivity contribution in [3.63, 3.8) is 0 Å². The minimum absolute atomic E-state index is 0.0846. The second-order valence-corrected chi connectivity index (χ2v) is 6.22. The minimum Gasteiger partial charge on any atom is -0.492 e. The van der Waals surface area contributed by atoms with E-state index in [9.17, 15) is 0 Å². The van der Waals surface area contributed by atoms with E-state index in [0.717, 1.165) is 18.1 Å². The third kappa shape index (κ3) is 1.87. The molecule has 3 heteroatoms. The maximum absolute atomic E-state index is 5.70. The van der Waals surface area contributed by atoms with Gasteiger partial charge in [0.25, 0.3) is 0 Å². The highest BCUT2D eigenvalue weighted by molar-refractivity contribution is 9.09. The molecule has 1 aliphatic heterocycles. The van der Waals surface area contributed by atoms with E-state index in [4.69, 9.17) is 9.15 Å². The zero-order chi connectivity index (χ0) is 12.8. The Morgan fingerprint density at radius 2 is 2.11 bits per heavy atom. The second kappa shape index (κ2) is 4.16. The molecule has 0 spiro atoms. The minimum atomic E-state index is 0.0846. The molecule has 1 atom stereocenters. The average Bonchev–Trinajstić information content (AvgIpc) is 2.97. The summed E-state index contributed by atoms with van der Waals surface area (Å²) >= 11 is 3.68. The SMILES string of the molecule is CC1(C)COc2ccc(C(Br)c3ccco3)cc21. The van der Waals surface area contributed by atoms with Gasteiger partial charge in [0.05, 0.1) is 17.7 Å². The van der Waals surface area contributed by atoms with Crippen molar-refractivity contribution in [2.75, 3.05) is 6.61 Å². The smallest absolute Gasteiger partial charge is 0.123 e. The molecule has 0 fully saturated rings. The van der Waals surface area contributed by atoms with E-state index < -0.39 is 0 Å². The molecule has 0 aliphatic carbocycles. The van der Waals surface area contributed by atoms with Crippen LogP contribution in [0.5, 0.6) is 5.75 Å². The fourth-order valence-electron chi connectivity index (χ4n) is 2.30. The van der Waals surface area contributed by atoms with Crippen LogP contribution in [0.1, 0.15) is 35.6 Å². The van der Waals surface area contributed by atoms with Crippen LogP contribution in [0.15, 0.2) is 41.0 Å². The van der Waals surface area contributed by atoms with Crippen LogP contribution in [-0.2, 0) is 5.41 Å². The first-order chi connectivity index (χ1) is 8.58. The molecular weight excluding hydrogens is 292 g/mol. The van der Waals surface area contributed by atoms with Gasteiger partial charge in [-0.1, -0.05) is 35.8 Å². The maximum atomic E-state index is 5.70. The number of alkyl halides is 1. The standard InChI is InChI=1S/C15H15BrO2/c1-15(2)9-18-12-6-5-10(8-11(12)15)14(16)13-4-3-7-17-13/h3-8,14H,9H2,1-2H3. The number of hydrogen-bond acceptors (Lipinski definition) is 2. The fraction of sp³-hybridized carbons (Fsp3) is 0.333. The third-order valence-corrected chi connectivity index (χ3v) is 4.39. The molecule has 2 nitrogen and oxygen atoms in total. The Kier molecular flexibility index (Phi) is 2.74. The Bertz CT molecular complexity index is 558. The molecule has 0 radical (unpaired) electrons. The molecule has 2 aromatic rings. The monoisotopic (exact) mass is 306 g/mol. The van der Waals surface area contributed by atoms with Gasteiger partial charge in [0.15, 0.2) is 0 Å². The van der Waals surface area contributed by atoms with Crippen molar-refractivity contribution >= 4 is 15.9 Å². The van der Waals surface area contributed by atoms with Gasteiger partial charge in [0, 0.05) is 11.0 Å². The Balaban J connectivity index is 2.00. The first-order valence-electron chi connectivity index (χ1n) is 6.03. The molecular formula is C15H15BrO2. The highest BCUT2D eigenvalue weighted by Gasteiger charge is 2.32. The lowest BCUT2D eigenvalue weighted by atomic mass is 9.86.